The van der Waals surface area contributed by atoms with Crippen LogP contribution in [0.15, 0.2) is 52.3 Å². The summed E-state index contributed by atoms with van der Waals surface area (Å²) in [5.74, 6) is -0.605. The number of nitrogens with one attached hydrogen (secondary N) is 1. The van der Waals surface area contributed by atoms with Crippen LogP contribution in [0.3, 0.4) is 0 Å². The molecule has 0 atom stereocenters. The first kappa shape index (κ1) is 16.7. The Kier molecular flexibility index (Phi) is 4.46. The van der Waals surface area contributed by atoms with Crippen LogP contribution in [-0.4, -0.2) is 23.1 Å². The Balaban J connectivity index is 2.43. The molecule has 1 N–H and O–H groups in total. The van der Waals surface area contributed by atoms with Gasteiger partial charge in [-0.1, -0.05) is 17.7 Å². The zero-order chi connectivity index (χ0) is 16.5. The number of benzene rings is 2. The zero-order valence-electron chi connectivity index (χ0n) is 11.2. The maximum Gasteiger partial charge on any atom is 0.261 e. The summed E-state index contributed by atoms with van der Waals surface area (Å²) in [5, 5.41) is -0.108. The molecule has 0 spiro atoms. The van der Waals surface area contributed by atoms with Gasteiger partial charge in [-0.05, 0) is 36.4 Å². The highest BCUT2D eigenvalue weighted by atomic mass is 35.5. The highest BCUT2D eigenvalue weighted by Crippen LogP contribution is 2.26. The van der Waals surface area contributed by atoms with E-state index in [1.54, 1.807) is 0 Å². The smallest absolute Gasteiger partial charge is 0.261 e. The Labute approximate surface area is 132 Å². The minimum atomic E-state index is -4.05. The lowest BCUT2D eigenvalue weighted by Crippen LogP contribution is -2.14. The van der Waals surface area contributed by atoms with Crippen LogP contribution in [-0.2, 0) is 19.9 Å². The summed E-state index contributed by atoms with van der Waals surface area (Å²) in [5.41, 5.74) is -0.00664. The lowest BCUT2D eigenvalue weighted by Gasteiger charge is -2.10. The van der Waals surface area contributed by atoms with Gasteiger partial charge in [0.15, 0.2) is 9.84 Å². The van der Waals surface area contributed by atoms with E-state index in [9.17, 15) is 21.2 Å². The lowest BCUT2D eigenvalue weighted by molar-refractivity contribution is 0.599. The van der Waals surface area contributed by atoms with Crippen LogP contribution in [0.2, 0.25) is 5.02 Å². The minimum absolute atomic E-state index is 0.00664. The minimum Gasteiger partial charge on any atom is -0.278 e. The molecule has 118 valence electrons. The Morgan fingerprint density at radius 1 is 1.00 bits per heavy atom. The summed E-state index contributed by atoms with van der Waals surface area (Å²) in [6, 6.07) is 8.08. The van der Waals surface area contributed by atoms with E-state index in [1.807, 2.05) is 0 Å². The molecule has 2 aromatic rings. The van der Waals surface area contributed by atoms with E-state index in [-0.39, 0.29) is 20.5 Å². The van der Waals surface area contributed by atoms with Crippen molar-refractivity contribution >= 4 is 37.1 Å². The average Bonchev–Trinajstić information content (AvgIpc) is 2.41. The van der Waals surface area contributed by atoms with Crippen molar-refractivity contribution in [1.82, 2.24) is 0 Å². The summed E-state index contributed by atoms with van der Waals surface area (Å²) in [7, 11) is -7.59. The molecule has 0 unspecified atom stereocenters. The van der Waals surface area contributed by atoms with Gasteiger partial charge in [0.2, 0.25) is 0 Å². The Bertz CT molecular complexity index is 927. The van der Waals surface area contributed by atoms with Crippen LogP contribution >= 0.6 is 11.6 Å². The predicted octanol–water partition coefficient (Wildman–Crippen LogP) is 2.68. The van der Waals surface area contributed by atoms with Gasteiger partial charge in [0.25, 0.3) is 10.0 Å². The van der Waals surface area contributed by atoms with E-state index in [0.717, 1.165) is 24.5 Å². The average molecular weight is 364 g/mol. The molecule has 0 aliphatic carbocycles. The van der Waals surface area contributed by atoms with Crippen molar-refractivity contribution in [2.24, 2.45) is 0 Å². The fourth-order valence-corrected chi connectivity index (χ4v) is 3.79. The second-order valence-electron chi connectivity index (χ2n) is 4.48. The highest BCUT2D eigenvalue weighted by molar-refractivity contribution is 7.93. The molecule has 0 saturated heterocycles. The maximum absolute atomic E-state index is 13.0. The molecule has 0 aliphatic heterocycles. The highest BCUT2D eigenvalue weighted by Gasteiger charge is 2.18. The number of sulfone groups is 1. The second kappa shape index (κ2) is 5.86. The lowest BCUT2D eigenvalue weighted by atomic mass is 10.3. The third-order valence-electron chi connectivity index (χ3n) is 2.72. The van der Waals surface area contributed by atoms with Gasteiger partial charge < -0.3 is 0 Å². The van der Waals surface area contributed by atoms with E-state index in [2.05, 4.69) is 4.72 Å². The Hall–Kier alpha value is -1.64. The molecule has 9 heteroatoms. The normalized spacial score (nSPS) is 12.1. The summed E-state index contributed by atoms with van der Waals surface area (Å²) >= 11 is 5.76. The SMILES string of the molecule is CS(=O)(=O)c1cccc(S(=O)(=O)Nc2ccc(F)cc2Cl)c1. The molecule has 0 saturated carbocycles. The summed E-state index contributed by atoms with van der Waals surface area (Å²) in [4.78, 5) is -0.364. The fraction of sp³-hybridized carbons (Fsp3) is 0.0769. The number of halogens is 2. The molecular weight excluding hydrogens is 353 g/mol. The molecule has 22 heavy (non-hydrogen) atoms. The third-order valence-corrected chi connectivity index (χ3v) is 5.51. The molecule has 0 radical (unpaired) electrons. The predicted molar refractivity (Wildman–Crippen MR) is 81.8 cm³/mol. The third kappa shape index (κ3) is 3.76. The fourth-order valence-electron chi connectivity index (χ4n) is 1.65. The van der Waals surface area contributed by atoms with Gasteiger partial charge in [0.1, 0.15) is 5.82 Å². The van der Waals surface area contributed by atoms with Crippen LogP contribution in [0.1, 0.15) is 0 Å². The van der Waals surface area contributed by atoms with Crippen molar-refractivity contribution < 1.29 is 21.2 Å². The topological polar surface area (TPSA) is 80.3 Å². The van der Waals surface area contributed by atoms with E-state index in [0.29, 0.717) is 0 Å². The molecular formula is C13H11ClFNO4S2. The van der Waals surface area contributed by atoms with Gasteiger partial charge in [0.05, 0.1) is 20.5 Å². The van der Waals surface area contributed by atoms with Gasteiger partial charge in [-0.25, -0.2) is 21.2 Å². The monoisotopic (exact) mass is 363 g/mol. The first-order chi connectivity index (χ1) is 10.1. The zero-order valence-corrected chi connectivity index (χ0v) is 13.6. The van der Waals surface area contributed by atoms with Crippen LogP contribution in [0.25, 0.3) is 0 Å². The van der Waals surface area contributed by atoms with Gasteiger partial charge in [-0.2, -0.15) is 0 Å². The van der Waals surface area contributed by atoms with Crippen LogP contribution in [0.4, 0.5) is 10.1 Å². The van der Waals surface area contributed by atoms with E-state index >= 15 is 0 Å². The number of sulfonamides is 1. The van der Waals surface area contributed by atoms with Crippen molar-refractivity contribution in [2.45, 2.75) is 9.79 Å². The van der Waals surface area contributed by atoms with Gasteiger partial charge >= 0.3 is 0 Å². The van der Waals surface area contributed by atoms with Crippen molar-refractivity contribution in [3.63, 3.8) is 0 Å². The maximum atomic E-state index is 13.0. The second-order valence-corrected chi connectivity index (χ2v) is 8.58. The molecule has 0 aromatic heterocycles. The number of hydrogen-bond donors (Lipinski definition) is 1. The number of rotatable bonds is 4. The number of hydrogen-bond acceptors (Lipinski definition) is 4. The Morgan fingerprint density at radius 2 is 1.64 bits per heavy atom. The van der Waals surface area contributed by atoms with Crippen molar-refractivity contribution in [1.29, 1.82) is 0 Å². The van der Waals surface area contributed by atoms with E-state index < -0.39 is 25.7 Å². The molecule has 0 aliphatic rings. The van der Waals surface area contributed by atoms with Gasteiger partial charge in [-0.3, -0.25) is 4.72 Å². The largest absolute Gasteiger partial charge is 0.278 e. The van der Waals surface area contributed by atoms with Gasteiger partial charge in [0, 0.05) is 6.26 Å². The van der Waals surface area contributed by atoms with Crippen molar-refractivity contribution in [2.75, 3.05) is 11.0 Å². The van der Waals surface area contributed by atoms with E-state index in [1.165, 1.54) is 24.3 Å². The number of anilines is 1. The Morgan fingerprint density at radius 3 is 2.23 bits per heavy atom. The first-order valence-corrected chi connectivity index (χ1v) is 9.63. The van der Waals surface area contributed by atoms with Gasteiger partial charge in [-0.15, -0.1) is 0 Å². The molecule has 0 bridgehead atoms. The summed E-state index contributed by atoms with van der Waals surface area (Å²) in [6.07, 6.45) is 0.975. The van der Waals surface area contributed by atoms with Crippen LogP contribution in [0, 0.1) is 5.82 Å². The van der Waals surface area contributed by atoms with Crippen LogP contribution in [0.5, 0.6) is 0 Å². The molecule has 5 nitrogen and oxygen atoms in total. The van der Waals surface area contributed by atoms with Crippen LogP contribution < -0.4 is 4.72 Å². The molecule has 2 rings (SSSR count). The summed E-state index contributed by atoms with van der Waals surface area (Å²) in [6.45, 7) is 0. The quantitative estimate of drug-likeness (QED) is 0.905. The molecule has 0 fully saturated rings. The summed E-state index contributed by atoms with van der Waals surface area (Å²) < 4.78 is 62.6. The molecule has 0 heterocycles. The first-order valence-electron chi connectivity index (χ1n) is 5.87. The standard InChI is InChI=1S/C13H11ClFNO4S2/c1-21(17,18)10-3-2-4-11(8-10)22(19,20)16-13-6-5-9(15)7-12(13)14/h2-8,16H,1H3. The van der Waals surface area contributed by atoms with Crippen molar-refractivity contribution in [3.8, 4) is 0 Å². The molecule has 0 amide bonds. The van der Waals surface area contributed by atoms with E-state index in [4.69, 9.17) is 11.6 Å². The van der Waals surface area contributed by atoms with Crippen molar-refractivity contribution in [3.05, 3.63) is 53.3 Å². The molecule has 2 aromatic carbocycles.